The zero-order valence-electron chi connectivity index (χ0n) is 9.34. The van der Waals surface area contributed by atoms with Crippen molar-refractivity contribution in [2.45, 2.75) is 45.8 Å². The Labute approximate surface area is 86.4 Å². The maximum Gasteiger partial charge on any atom is 0.0697 e. The fourth-order valence-electron chi connectivity index (χ4n) is 1.62. The van der Waals surface area contributed by atoms with Crippen LogP contribution in [0.2, 0.25) is 0 Å². The summed E-state index contributed by atoms with van der Waals surface area (Å²) >= 11 is 0. The van der Waals surface area contributed by atoms with Gasteiger partial charge < -0.3 is 10.1 Å². The van der Waals surface area contributed by atoms with E-state index in [-0.39, 0.29) is 5.41 Å². The first kappa shape index (κ1) is 11.5. The van der Waals surface area contributed by atoms with E-state index < -0.39 is 0 Å². The molecule has 1 aliphatic rings. The Bertz CT molecular complexity index is 220. The molecule has 14 heavy (non-hydrogen) atoms. The lowest BCUT2D eigenvalue weighted by atomic mass is 9.94. The number of nitriles is 1. The molecule has 0 radical (unpaired) electrons. The molecule has 0 aliphatic carbocycles. The van der Waals surface area contributed by atoms with E-state index in [2.05, 4.69) is 18.3 Å². The van der Waals surface area contributed by atoms with E-state index in [0.717, 1.165) is 26.0 Å². The highest BCUT2D eigenvalue weighted by molar-refractivity contribution is 4.94. The third-order valence-corrected chi connectivity index (χ3v) is 2.62. The molecule has 2 unspecified atom stereocenters. The van der Waals surface area contributed by atoms with Crippen LogP contribution in [0.5, 0.6) is 0 Å². The summed E-state index contributed by atoms with van der Waals surface area (Å²) in [5.74, 6) is 0. The Kier molecular flexibility index (Phi) is 3.91. The third-order valence-electron chi connectivity index (χ3n) is 2.62. The molecule has 3 nitrogen and oxygen atoms in total. The van der Waals surface area contributed by atoms with Gasteiger partial charge in [-0.25, -0.2) is 0 Å². The second kappa shape index (κ2) is 4.77. The van der Waals surface area contributed by atoms with E-state index in [0.29, 0.717) is 12.1 Å². The van der Waals surface area contributed by atoms with Crippen molar-refractivity contribution in [2.75, 3.05) is 13.2 Å². The Morgan fingerprint density at radius 2 is 2.29 bits per heavy atom. The fraction of sp³-hybridized carbons (Fsp3) is 0.909. The second-order valence-electron chi connectivity index (χ2n) is 4.78. The van der Waals surface area contributed by atoms with E-state index in [9.17, 15) is 0 Å². The van der Waals surface area contributed by atoms with E-state index in [4.69, 9.17) is 10.00 Å². The number of nitrogens with zero attached hydrogens (tertiary/aromatic N) is 1. The molecule has 1 aliphatic heterocycles. The maximum atomic E-state index is 8.86. The molecule has 1 heterocycles. The van der Waals surface area contributed by atoms with Crippen molar-refractivity contribution in [3.63, 3.8) is 0 Å². The van der Waals surface area contributed by atoms with Gasteiger partial charge in [0.2, 0.25) is 0 Å². The predicted molar refractivity (Wildman–Crippen MR) is 55.8 cm³/mol. The average Bonchev–Trinajstić information content (AvgIpc) is 2.15. The SMILES string of the molecule is CC1CC(NCC(C)(C)C#N)CCO1. The van der Waals surface area contributed by atoms with Crippen molar-refractivity contribution in [3.05, 3.63) is 0 Å². The van der Waals surface area contributed by atoms with Crippen LogP contribution in [0.1, 0.15) is 33.6 Å². The minimum Gasteiger partial charge on any atom is -0.378 e. The molecule has 1 fully saturated rings. The topological polar surface area (TPSA) is 45.0 Å². The van der Waals surface area contributed by atoms with Gasteiger partial charge in [-0.15, -0.1) is 0 Å². The number of rotatable bonds is 3. The van der Waals surface area contributed by atoms with Crippen LogP contribution >= 0.6 is 0 Å². The summed E-state index contributed by atoms with van der Waals surface area (Å²) in [6, 6.07) is 2.82. The molecular weight excluding hydrogens is 176 g/mol. The van der Waals surface area contributed by atoms with Crippen LogP contribution in [0.3, 0.4) is 0 Å². The number of ether oxygens (including phenoxy) is 1. The van der Waals surface area contributed by atoms with Gasteiger partial charge in [-0.05, 0) is 33.6 Å². The van der Waals surface area contributed by atoms with Gasteiger partial charge in [0, 0.05) is 19.2 Å². The summed E-state index contributed by atoms with van der Waals surface area (Å²) in [5.41, 5.74) is -0.262. The van der Waals surface area contributed by atoms with Crippen molar-refractivity contribution < 1.29 is 4.74 Å². The van der Waals surface area contributed by atoms with Crippen molar-refractivity contribution in [2.24, 2.45) is 5.41 Å². The normalized spacial score (nSPS) is 28.4. The summed E-state index contributed by atoms with van der Waals surface area (Å²) in [6.07, 6.45) is 2.47. The van der Waals surface area contributed by atoms with Gasteiger partial charge in [0.25, 0.3) is 0 Å². The number of hydrogen-bond acceptors (Lipinski definition) is 3. The van der Waals surface area contributed by atoms with E-state index in [1.54, 1.807) is 0 Å². The molecule has 0 aromatic rings. The summed E-state index contributed by atoms with van der Waals surface area (Å²) in [5, 5.41) is 12.3. The zero-order chi connectivity index (χ0) is 10.6. The first-order valence-corrected chi connectivity index (χ1v) is 5.30. The highest BCUT2D eigenvalue weighted by Crippen LogP contribution is 2.16. The molecular formula is C11H20N2O. The van der Waals surface area contributed by atoms with Gasteiger partial charge in [0.15, 0.2) is 0 Å². The molecule has 0 saturated carbocycles. The molecule has 0 aromatic heterocycles. The maximum absolute atomic E-state index is 8.86. The molecule has 0 spiro atoms. The predicted octanol–water partition coefficient (Wildman–Crippen LogP) is 1.69. The van der Waals surface area contributed by atoms with E-state index in [1.807, 2.05) is 13.8 Å². The van der Waals surface area contributed by atoms with Crippen LogP contribution in [0.4, 0.5) is 0 Å². The molecule has 1 saturated heterocycles. The van der Waals surface area contributed by atoms with Gasteiger partial charge in [0.05, 0.1) is 17.6 Å². The molecule has 0 aromatic carbocycles. The lowest BCUT2D eigenvalue weighted by molar-refractivity contribution is 0.0124. The molecule has 1 rings (SSSR count). The van der Waals surface area contributed by atoms with Crippen molar-refractivity contribution in [1.82, 2.24) is 5.32 Å². The number of hydrogen-bond donors (Lipinski definition) is 1. The third kappa shape index (κ3) is 3.65. The van der Waals surface area contributed by atoms with Crippen LogP contribution in [0, 0.1) is 16.7 Å². The second-order valence-corrected chi connectivity index (χ2v) is 4.78. The standard InChI is InChI=1S/C11H20N2O/c1-9-6-10(4-5-14-9)13-8-11(2,3)7-12/h9-10,13H,4-6,8H2,1-3H3. The minimum absolute atomic E-state index is 0.262. The highest BCUT2D eigenvalue weighted by Gasteiger charge is 2.22. The summed E-state index contributed by atoms with van der Waals surface area (Å²) in [4.78, 5) is 0. The van der Waals surface area contributed by atoms with Gasteiger partial charge in [-0.1, -0.05) is 0 Å². The van der Waals surface area contributed by atoms with Gasteiger partial charge in [-0.3, -0.25) is 0 Å². The Hall–Kier alpha value is -0.590. The number of nitrogens with one attached hydrogen (secondary N) is 1. The smallest absolute Gasteiger partial charge is 0.0697 e. The van der Waals surface area contributed by atoms with Crippen molar-refractivity contribution in [1.29, 1.82) is 5.26 Å². The van der Waals surface area contributed by atoms with Crippen LogP contribution in [0.25, 0.3) is 0 Å². The fourth-order valence-corrected chi connectivity index (χ4v) is 1.62. The zero-order valence-corrected chi connectivity index (χ0v) is 9.34. The Morgan fingerprint density at radius 1 is 1.57 bits per heavy atom. The van der Waals surface area contributed by atoms with Crippen LogP contribution in [-0.2, 0) is 4.74 Å². The first-order valence-electron chi connectivity index (χ1n) is 5.30. The average molecular weight is 196 g/mol. The molecule has 0 bridgehead atoms. The summed E-state index contributed by atoms with van der Waals surface area (Å²) in [7, 11) is 0. The Morgan fingerprint density at radius 3 is 2.86 bits per heavy atom. The highest BCUT2D eigenvalue weighted by atomic mass is 16.5. The van der Waals surface area contributed by atoms with Gasteiger partial charge >= 0.3 is 0 Å². The first-order chi connectivity index (χ1) is 6.53. The van der Waals surface area contributed by atoms with E-state index >= 15 is 0 Å². The Balaban J connectivity index is 2.28. The summed E-state index contributed by atoms with van der Waals surface area (Å²) in [6.45, 7) is 7.63. The molecule has 0 amide bonds. The van der Waals surface area contributed by atoms with Gasteiger partial charge in [-0.2, -0.15) is 5.26 Å². The minimum atomic E-state index is -0.262. The largest absolute Gasteiger partial charge is 0.378 e. The van der Waals surface area contributed by atoms with Gasteiger partial charge in [0.1, 0.15) is 0 Å². The van der Waals surface area contributed by atoms with Crippen LogP contribution in [0.15, 0.2) is 0 Å². The van der Waals surface area contributed by atoms with E-state index in [1.165, 1.54) is 0 Å². The summed E-state index contributed by atoms with van der Waals surface area (Å²) < 4.78 is 5.46. The monoisotopic (exact) mass is 196 g/mol. The lowest BCUT2D eigenvalue weighted by Gasteiger charge is -2.30. The van der Waals surface area contributed by atoms with Crippen molar-refractivity contribution >= 4 is 0 Å². The van der Waals surface area contributed by atoms with Crippen LogP contribution in [-0.4, -0.2) is 25.3 Å². The van der Waals surface area contributed by atoms with Crippen LogP contribution < -0.4 is 5.32 Å². The molecule has 80 valence electrons. The molecule has 2 atom stereocenters. The lowest BCUT2D eigenvalue weighted by Crippen LogP contribution is -2.41. The quantitative estimate of drug-likeness (QED) is 0.747. The molecule has 1 N–H and O–H groups in total. The molecule has 3 heteroatoms. The van der Waals surface area contributed by atoms with Crippen molar-refractivity contribution in [3.8, 4) is 6.07 Å².